The van der Waals surface area contributed by atoms with Gasteiger partial charge in [-0.2, -0.15) is 0 Å². The Balaban J connectivity index is 1.86. The highest BCUT2D eigenvalue weighted by Gasteiger charge is 2.23. The Kier molecular flexibility index (Phi) is 2.87. The first-order chi connectivity index (χ1) is 11.1. The van der Waals surface area contributed by atoms with Gasteiger partial charge < -0.3 is 0 Å². The van der Waals surface area contributed by atoms with E-state index in [-0.39, 0.29) is 11.2 Å². The van der Waals surface area contributed by atoms with E-state index in [4.69, 9.17) is 0 Å². The van der Waals surface area contributed by atoms with Gasteiger partial charge in [0.2, 0.25) is 0 Å². The van der Waals surface area contributed by atoms with Crippen molar-refractivity contribution < 1.29 is 4.92 Å². The minimum atomic E-state index is -0.518. The molecule has 0 bridgehead atoms. The minimum absolute atomic E-state index is 0.108. The molecule has 1 aromatic carbocycles. The maximum atomic E-state index is 12.8. The van der Waals surface area contributed by atoms with Crippen LogP contribution in [0.3, 0.4) is 0 Å². The van der Waals surface area contributed by atoms with Gasteiger partial charge in [-0.1, -0.05) is 24.3 Å². The highest BCUT2D eigenvalue weighted by atomic mass is 16.6. The lowest BCUT2D eigenvalue weighted by atomic mass is 9.90. The molecular weight excluding hydrogens is 296 g/mol. The lowest BCUT2D eigenvalue weighted by Gasteiger charge is -2.13. The van der Waals surface area contributed by atoms with Crippen LogP contribution < -0.4 is 5.56 Å². The minimum Gasteiger partial charge on any atom is -0.293 e. The number of aromatic amines is 1. The number of H-pyrrole nitrogens is 1. The van der Waals surface area contributed by atoms with E-state index in [1.165, 1.54) is 16.8 Å². The van der Waals surface area contributed by atoms with Gasteiger partial charge in [-0.15, -0.1) is 0 Å². The monoisotopic (exact) mass is 308 g/mol. The second-order valence-electron chi connectivity index (χ2n) is 5.39. The van der Waals surface area contributed by atoms with Crippen LogP contribution in [0.4, 0.5) is 5.69 Å². The molecule has 0 saturated carbocycles. The lowest BCUT2D eigenvalue weighted by Crippen LogP contribution is -2.17. The number of aryl methyl sites for hydroxylation is 2. The summed E-state index contributed by atoms with van der Waals surface area (Å²) in [5, 5.41) is 13.8. The molecule has 23 heavy (non-hydrogen) atoms. The van der Waals surface area contributed by atoms with Crippen LogP contribution in [0.1, 0.15) is 11.3 Å². The standard InChI is InChI=1S/C16H12N4O3/c21-16-15-12-4-2-1-3-10(12)5-7-13(15)18-19(16)14-8-6-11(9-17-14)20(22)23/h1-4,6,8-9,18H,5,7H2. The number of aromatic nitrogens is 3. The van der Waals surface area contributed by atoms with Gasteiger partial charge in [0.05, 0.1) is 10.5 Å². The van der Waals surface area contributed by atoms with Gasteiger partial charge in [0.25, 0.3) is 11.2 Å². The van der Waals surface area contributed by atoms with Crippen LogP contribution in [0.2, 0.25) is 0 Å². The molecule has 3 aromatic rings. The van der Waals surface area contributed by atoms with Gasteiger partial charge in [0, 0.05) is 11.8 Å². The van der Waals surface area contributed by atoms with E-state index < -0.39 is 4.92 Å². The quantitative estimate of drug-likeness (QED) is 0.580. The van der Waals surface area contributed by atoms with E-state index in [0.717, 1.165) is 35.9 Å². The Morgan fingerprint density at radius 3 is 2.74 bits per heavy atom. The molecule has 0 spiro atoms. The number of nitrogens with zero attached hydrogens (tertiary/aromatic N) is 3. The summed E-state index contributed by atoms with van der Waals surface area (Å²) >= 11 is 0. The van der Waals surface area contributed by atoms with Crippen LogP contribution in [0, 0.1) is 10.1 Å². The van der Waals surface area contributed by atoms with E-state index >= 15 is 0 Å². The Morgan fingerprint density at radius 2 is 2.00 bits per heavy atom. The highest BCUT2D eigenvalue weighted by Crippen LogP contribution is 2.30. The number of pyridine rings is 1. The number of nitrogens with one attached hydrogen (secondary N) is 1. The van der Waals surface area contributed by atoms with Gasteiger partial charge in [-0.25, -0.2) is 9.67 Å². The van der Waals surface area contributed by atoms with Crippen LogP contribution in [-0.4, -0.2) is 19.7 Å². The third kappa shape index (κ3) is 2.05. The second kappa shape index (κ2) is 4.91. The van der Waals surface area contributed by atoms with Crippen LogP contribution in [0.5, 0.6) is 0 Å². The molecule has 1 aliphatic carbocycles. The molecule has 0 atom stereocenters. The zero-order chi connectivity index (χ0) is 16.0. The molecule has 114 valence electrons. The SMILES string of the molecule is O=c1c2c([nH]n1-c1ccc([N+](=O)[O-])cn1)CCc1ccccc1-2. The van der Waals surface area contributed by atoms with Gasteiger partial charge in [0.1, 0.15) is 6.20 Å². The molecule has 0 radical (unpaired) electrons. The maximum absolute atomic E-state index is 12.8. The smallest absolute Gasteiger partial charge is 0.287 e. The number of fused-ring (bicyclic) bond motifs is 3. The fourth-order valence-corrected chi connectivity index (χ4v) is 2.96. The molecule has 0 amide bonds. The van der Waals surface area contributed by atoms with Crippen molar-refractivity contribution in [3.8, 4) is 16.9 Å². The Morgan fingerprint density at radius 1 is 1.17 bits per heavy atom. The largest absolute Gasteiger partial charge is 0.293 e. The number of rotatable bonds is 2. The van der Waals surface area contributed by atoms with Crippen molar-refractivity contribution in [3.63, 3.8) is 0 Å². The Bertz CT molecular complexity index is 970. The Hall–Kier alpha value is -3.22. The molecule has 7 nitrogen and oxygen atoms in total. The van der Waals surface area contributed by atoms with Crippen LogP contribution in [-0.2, 0) is 12.8 Å². The summed E-state index contributed by atoms with van der Waals surface area (Å²) < 4.78 is 1.34. The zero-order valence-corrected chi connectivity index (χ0v) is 12.0. The molecule has 2 aromatic heterocycles. The summed E-state index contributed by atoms with van der Waals surface area (Å²) in [5.74, 6) is 0.340. The second-order valence-corrected chi connectivity index (χ2v) is 5.39. The average molecular weight is 308 g/mol. The molecule has 1 aliphatic rings. The maximum Gasteiger partial charge on any atom is 0.287 e. The van der Waals surface area contributed by atoms with E-state index in [9.17, 15) is 14.9 Å². The van der Waals surface area contributed by atoms with E-state index in [1.807, 2.05) is 24.3 Å². The summed E-state index contributed by atoms with van der Waals surface area (Å²) in [6, 6.07) is 10.6. The van der Waals surface area contributed by atoms with Crippen molar-refractivity contribution in [1.82, 2.24) is 14.8 Å². The molecule has 7 heteroatoms. The predicted molar refractivity (Wildman–Crippen MR) is 83.7 cm³/mol. The van der Waals surface area contributed by atoms with Crippen molar-refractivity contribution in [2.45, 2.75) is 12.8 Å². The van der Waals surface area contributed by atoms with Crippen molar-refractivity contribution in [3.05, 3.63) is 74.3 Å². The average Bonchev–Trinajstić information content (AvgIpc) is 2.92. The topological polar surface area (TPSA) is 93.8 Å². The summed E-state index contributed by atoms with van der Waals surface area (Å²) in [6.07, 6.45) is 2.77. The summed E-state index contributed by atoms with van der Waals surface area (Å²) in [6.45, 7) is 0. The third-order valence-electron chi connectivity index (χ3n) is 4.07. The molecule has 0 aliphatic heterocycles. The molecular formula is C16H12N4O3. The first-order valence-electron chi connectivity index (χ1n) is 7.18. The summed E-state index contributed by atoms with van der Waals surface area (Å²) in [4.78, 5) is 27.0. The number of hydrogen-bond donors (Lipinski definition) is 1. The first kappa shape index (κ1) is 13.4. The van der Waals surface area contributed by atoms with Crippen molar-refractivity contribution in [2.24, 2.45) is 0 Å². The van der Waals surface area contributed by atoms with Gasteiger partial charge in [-0.05, 0) is 30.0 Å². The van der Waals surface area contributed by atoms with Gasteiger partial charge in [0.15, 0.2) is 5.82 Å². The van der Waals surface area contributed by atoms with Gasteiger partial charge >= 0.3 is 0 Å². The Labute approximate surface area is 130 Å². The first-order valence-corrected chi connectivity index (χ1v) is 7.18. The van der Waals surface area contributed by atoms with Crippen LogP contribution in [0.25, 0.3) is 16.9 Å². The molecule has 0 unspecified atom stereocenters. The molecule has 0 saturated heterocycles. The van der Waals surface area contributed by atoms with E-state index in [2.05, 4.69) is 10.1 Å². The van der Waals surface area contributed by atoms with Crippen molar-refractivity contribution >= 4 is 5.69 Å². The highest BCUT2D eigenvalue weighted by molar-refractivity contribution is 5.71. The van der Waals surface area contributed by atoms with Crippen molar-refractivity contribution in [2.75, 3.05) is 0 Å². The number of hydrogen-bond acceptors (Lipinski definition) is 4. The lowest BCUT2D eigenvalue weighted by molar-refractivity contribution is -0.385. The molecule has 2 heterocycles. The summed E-state index contributed by atoms with van der Waals surface area (Å²) in [5.41, 5.74) is 3.33. The van der Waals surface area contributed by atoms with Crippen molar-refractivity contribution in [1.29, 1.82) is 0 Å². The molecule has 0 fully saturated rings. The fourth-order valence-electron chi connectivity index (χ4n) is 2.96. The third-order valence-corrected chi connectivity index (χ3v) is 4.07. The normalized spacial score (nSPS) is 12.5. The molecule has 4 rings (SSSR count). The summed E-state index contributed by atoms with van der Waals surface area (Å²) in [7, 11) is 0. The fraction of sp³-hybridized carbons (Fsp3) is 0.125. The van der Waals surface area contributed by atoms with E-state index in [0.29, 0.717) is 11.4 Å². The molecule has 1 N–H and O–H groups in total. The zero-order valence-electron chi connectivity index (χ0n) is 12.0. The number of nitro groups is 1. The van der Waals surface area contributed by atoms with Crippen LogP contribution in [0.15, 0.2) is 47.4 Å². The number of benzene rings is 1. The van der Waals surface area contributed by atoms with Crippen LogP contribution >= 0.6 is 0 Å². The van der Waals surface area contributed by atoms with E-state index in [1.54, 1.807) is 0 Å². The van der Waals surface area contributed by atoms with Gasteiger partial charge in [-0.3, -0.25) is 20.0 Å². The predicted octanol–water partition coefficient (Wildman–Crippen LogP) is 2.23.